The molecule has 0 aliphatic carbocycles. The van der Waals surface area contributed by atoms with Crippen LogP contribution in [-0.2, 0) is 4.74 Å². The van der Waals surface area contributed by atoms with E-state index in [4.69, 9.17) is 4.74 Å². The number of ether oxygens (including phenoxy) is 1. The molecule has 1 fully saturated rings. The molecule has 1 aliphatic rings. The summed E-state index contributed by atoms with van der Waals surface area (Å²) in [5.41, 5.74) is 1.90. The lowest BCUT2D eigenvalue weighted by Gasteiger charge is -2.26. The van der Waals surface area contributed by atoms with Crippen LogP contribution < -0.4 is 10.2 Å². The number of anilines is 3. The van der Waals surface area contributed by atoms with E-state index in [9.17, 15) is 5.11 Å². The fourth-order valence-electron chi connectivity index (χ4n) is 3.34. The van der Waals surface area contributed by atoms with Gasteiger partial charge in [0, 0.05) is 28.6 Å². The van der Waals surface area contributed by atoms with Crippen molar-refractivity contribution in [2.45, 2.75) is 0 Å². The van der Waals surface area contributed by atoms with Crippen molar-refractivity contribution in [1.29, 1.82) is 0 Å². The van der Waals surface area contributed by atoms with Gasteiger partial charge < -0.3 is 25.0 Å². The Kier molecular flexibility index (Phi) is 5.65. The maximum absolute atomic E-state index is 10.3. The molecule has 0 unspecified atom stereocenters. The number of H-pyrrole nitrogens is 1. The zero-order valence-electron chi connectivity index (χ0n) is 16.9. The number of para-hydroxylation sites is 1. The van der Waals surface area contributed by atoms with Gasteiger partial charge in [0.05, 0.1) is 18.7 Å². The summed E-state index contributed by atoms with van der Waals surface area (Å²) in [5, 5.41) is 22.7. The molecule has 0 saturated carbocycles. The van der Waals surface area contributed by atoms with Crippen molar-refractivity contribution >= 4 is 56.1 Å². The average Bonchev–Trinajstić information content (AvgIpc) is 3.13. The molecule has 3 N–H and O–H groups in total. The number of nitrogens with one attached hydrogen (secondary N) is 2. The van der Waals surface area contributed by atoms with Crippen LogP contribution in [0, 0.1) is 0 Å². The Hall–Kier alpha value is -3.57. The second-order valence-corrected chi connectivity index (χ2v) is 7.98. The van der Waals surface area contributed by atoms with E-state index in [0.717, 1.165) is 21.1 Å². The Morgan fingerprint density at radius 3 is 2.66 bits per heavy atom. The van der Waals surface area contributed by atoms with Gasteiger partial charge in [-0.1, -0.05) is 34.1 Å². The van der Waals surface area contributed by atoms with Crippen LogP contribution in [0.1, 0.15) is 0 Å². The third kappa shape index (κ3) is 4.39. The van der Waals surface area contributed by atoms with Gasteiger partial charge in [-0.05, 0) is 30.3 Å². The van der Waals surface area contributed by atoms with Crippen LogP contribution in [0.25, 0.3) is 10.9 Å². The fraction of sp³-hybridized carbons (Fsp3) is 0.190. The van der Waals surface area contributed by atoms with Gasteiger partial charge >= 0.3 is 0 Å². The highest BCUT2D eigenvalue weighted by Crippen LogP contribution is 2.37. The van der Waals surface area contributed by atoms with E-state index >= 15 is 0 Å². The largest absolute Gasteiger partial charge is 0.493 e. The molecule has 32 heavy (non-hydrogen) atoms. The van der Waals surface area contributed by atoms with E-state index in [1.54, 1.807) is 0 Å². The van der Waals surface area contributed by atoms with Crippen LogP contribution in [0.15, 0.2) is 63.2 Å². The number of rotatable bonds is 5. The molecule has 2 aromatic heterocycles. The first-order valence-corrected chi connectivity index (χ1v) is 10.8. The van der Waals surface area contributed by atoms with Crippen LogP contribution in [0.2, 0.25) is 0 Å². The predicted octanol–water partition coefficient (Wildman–Crippen LogP) is 4.82. The maximum Gasteiger partial charge on any atom is 0.275 e. The number of hydrogen-bond acceptors (Lipinski definition) is 9. The molecule has 0 atom stereocenters. The Labute approximate surface area is 191 Å². The lowest BCUT2D eigenvalue weighted by molar-refractivity contribution is 0.122. The van der Waals surface area contributed by atoms with Crippen molar-refractivity contribution in [3.05, 3.63) is 53.0 Å². The first kappa shape index (κ1) is 20.3. The van der Waals surface area contributed by atoms with E-state index in [1.807, 2.05) is 53.4 Å². The Morgan fingerprint density at radius 1 is 1.03 bits per heavy atom. The second kappa shape index (κ2) is 8.89. The molecule has 10 nitrogen and oxygen atoms in total. The Balaban J connectivity index is 1.51. The molecule has 11 heteroatoms. The third-order valence-corrected chi connectivity index (χ3v) is 5.38. The number of halogens is 1. The molecule has 3 heterocycles. The van der Waals surface area contributed by atoms with Crippen molar-refractivity contribution in [2.24, 2.45) is 10.2 Å². The third-order valence-electron chi connectivity index (χ3n) is 4.89. The molecular weight excluding hydrogens is 476 g/mol. The quantitative estimate of drug-likeness (QED) is 0.339. The van der Waals surface area contributed by atoms with Crippen molar-refractivity contribution in [2.75, 3.05) is 36.5 Å². The van der Waals surface area contributed by atoms with Gasteiger partial charge in [-0.2, -0.15) is 15.0 Å². The smallest absolute Gasteiger partial charge is 0.275 e. The maximum atomic E-state index is 10.3. The molecule has 1 aliphatic heterocycles. The summed E-state index contributed by atoms with van der Waals surface area (Å²) in [6.45, 7) is 2.54. The first-order chi connectivity index (χ1) is 15.7. The highest BCUT2D eigenvalue weighted by Gasteiger charge is 2.17. The lowest BCUT2D eigenvalue weighted by atomic mass is 10.2. The van der Waals surface area contributed by atoms with Crippen LogP contribution in [0.5, 0.6) is 5.88 Å². The van der Waals surface area contributed by atoms with Gasteiger partial charge in [0.2, 0.25) is 17.8 Å². The highest BCUT2D eigenvalue weighted by molar-refractivity contribution is 9.10. The van der Waals surface area contributed by atoms with E-state index in [-0.39, 0.29) is 11.8 Å². The van der Waals surface area contributed by atoms with Crippen molar-refractivity contribution in [3.63, 3.8) is 0 Å². The number of azo groups is 1. The van der Waals surface area contributed by atoms with E-state index in [2.05, 4.69) is 51.4 Å². The number of benzene rings is 2. The standard InChI is InChI=1S/C21H19BrN8O2/c22-13-6-7-16-15(12-13)17(18(31)24-16)28-29-20-25-19(23-14-4-2-1-3-5-14)26-21(27-20)30-8-10-32-11-9-30/h1-7,12,24,31H,8-11H2,(H,23,25,26,27). The lowest BCUT2D eigenvalue weighted by Crippen LogP contribution is -2.37. The summed E-state index contributed by atoms with van der Waals surface area (Å²) in [4.78, 5) is 18.3. The van der Waals surface area contributed by atoms with Crippen LogP contribution in [0.4, 0.5) is 29.2 Å². The number of aromatic amines is 1. The summed E-state index contributed by atoms with van der Waals surface area (Å²) in [6, 6.07) is 15.2. The number of morpholine rings is 1. The minimum absolute atomic E-state index is 0.0769. The first-order valence-electron chi connectivity index (χ1n) is 9.98. The van der Waals surface area contributed by atoms with Crippen molar-refractivity contribution in [3.8, 4) is 5.88 Å². The molecule has 0 amide bonds. The van der Waals surface area contributed by atoms with Crippen molar-refractivity contribution < 1.29 is 9.84 Å². The molecule has 0 radical (unpaired) electrons. The van der Waals surface area contributed by atoms with E-state index in [0.29, 0.717) is 43.9 Å². The van der Waals surface area contributed by atoms with E-state index in [1.165, 1.54) is 0 Å². The molecular formula is C21H19BrN8O2. The normalized spacial score (nSPS) is 14.3. The Morgan fingerprint density at radius 2 is 1.84 bits per heavy atom. The zero-order chi connectivity index (χ0) is 21.9. The number of hydrogen-bond donors (Lipinski definition) is 3. The van der Waals surface area contributed by atoms with Crippen LogP contribution >= 0.6 is 15.9 Å². The van der Waals surface area contributed by atoms with E-state index < -0.39 is 0 Å². The predicted molar refractivity (Wildman–Crippen MR) is 124 cm³/mol. The van der Waals surface area contributed by atoms with Crippen molar-refractivity contribution in [1.82, 2.24) is 19.9 Å². The molecule has 4 aromatic rings. The minimum Gasteiger partial charge on any atom is -0.493 e. The average molecular weight is 495 g/mol. The van der Waals surface area contributed by atoms with Gasteiger partial charge in [0.15, 0.2) is 5.69 Å². The topological polar surface area (TPSA) is 124 Å². The molecule has 0 bridgehead atoms. The summed E-state index contributed by atoms with van der Waals surface area (Å²) in [6.07, 6.45) is 0. The molecule has 2 aromatic carbocycles. The van der Waals surface area contributed by atoms with Gasteiger partial charge in [0.1, 0.15) is 0 Å². The number of aromatic nitrogens is 4. The number of fused-ring (bicyclic) bond motifs is 1. The second-order valence-electron chi connectivity index (χ2n) is 7.06. The SMILES string of the molecule is Oc1[nH]c2ccc(Br)cc2c1N=Nc1nc(Nc2ccccc2)nc(N2CCOCC2)n1. The molecule has 1 saturated heterocycles. The summed E-state index contributed by atoms with van der Waals surface area (Å²) in [7, 11) is 0. The van der Waals surface area contributed by atoms with Gasteiger partial charge in [0.25, 0.3) is 5.95 Å². The Bertz CT molecular complexity index is 1270. The van der Waals surface area contributed by atoms with Gasteiger partial charge in [-0.3, -0.25) is 0 Å². The van der Waals surface area contributed by atoms with Gasteiger partial charge in [-0.25, -0.2) is 0 Å². The summed E-state index contributed by atoms with van der Waals surface area (Å²) in [5.74, 6) is 0.893. The zero-order valence-corrected chi connectivity index (χ0v) is 18.4. The molecule has 162 valence electrons. The fourth-order valence-corrected chi connectivity index (χ4v) is 3.70. The van der Waals surface area contributed by atoms with Crippen LogP contribution in [0.3, 0.4) is 0 Å². The summed E-state index contributed by atoms with van der Waals surface area (Å²) >= 11 is 3.44. The minimum atomic E-state index is -0.0769. The number of aromatic hydroxyl groups is 1. The molecule has 0 spiro atoms. The highest BCUT2D eigenvalue weighted by atomic mass is 79.9. The molecule has 5 rings (SSSR count). The summed E-state index contributed by atoms with van der Waals surface area (Å²) < 4.78 is 6.30. The van der Waals surface area contributed by atoms with Gasteiger partial charge in [-0.15, -0.1) is 10.2 Å². The monoisotopic (exact) mass is 494 g/mol. The van der Waals surface area contributed by atoms with Crippen LogP contribution in [-0.4, -0.2) is 51.3 Å². The number of nitrogens with zero attached hydrogens (tertiary/aromatic N) is 6.